The number of urea groups is 1. The highest BCUT2D eigenvalue weighted by Gasteiger charge is 2.26. The number of rotatable bonds is 4. The van der Waals surface area contributed by atoms with E-state index in [2.05, 4.69) is 10.3 Å². The fourth-order valence-corrected chi connectivity index (χ4v) is 3.29. The number of aromatic nitrogens is 2. The molecule has 0 atom stereocenters. The number of hydrogen-bond acceptors (Lipinski definition) is 6. The molecule has 1 N–H and O–H groups in total. The topological polar surface area (TPSA) is 111 Å². The molecule has 2 heterocycles. The van der Waals surface area contributed by atoms with E-state index in [1.807, 2.05) is 6.07 Å². The summed E-state index contributed by atoms with van der Waals surface area (Å²) < 4.78 is 6.48. The van der Waals surface area contributed by atoms with E-state index in [-0.39, 0.29) is 17.7 Å². The van der Waals surface area contributed by atoms with Crippen molar-refractivity contribution in [2.45, 2.75) is 6.92 Å². The second kappa shape index (κ2) is 7.78. The van der Waals surface area contributed by atoms with Crippen molar-refractivity contribution in [2.24, 2.45) is 0 Å². The number of nitrogens with one attached hydrogen (secondary N) is 1. The van der Waals surface area contributed by atoms with Crippen LogP contribution in [0.2, 0.25) is 0 Å². The quantitative estimate of drug-likeness (QED) is 0.656. The SMILES string of the molecule is Cc1nc2ccccc2c(=O)n1-c1ccc(C(=O)OCC(=O)N2CCNC2=O)cc1. The smallest absolute Gasteiger partial charge is 0.338 e. The fraction of sp³-hybridized carbons (Fsp3) is 0.190. The van der Waals surface area contributed by atoms with E-state index in [0.717, 1.165) is 4.90 Å². The Morgan fingerprint density at radius 2 is 1.83 bits per heavy atom. The number of imide groups is 1. The Hall–Kier alpha value is -4.01. The van der Waals surface area contributed by atoms with Crippen molar-refractivity contribution in [1.82, 2.24) is 19.8 Å². The van der Waals surface area contributed by atoms with Crippen molar-refractivity contribution >= 4 is 28.8 Å². The first-order chi connectivity index (χ1) is 14.5. The summed E-state index contributed by atoms with van der Waals surface area (Å²) in [5.74, 6) is -0.766. The van der Waals surface area contributed by atoms with E-state index in [1.165, 1.54) is 16.7 Å². The Bertz CT molecular complexity index is 1220. The molecule has 4 rings (SSSR count). The summed E-state index contributed by atoms with van der Waals surface area (Å²) in [6, 6.07) is 12.8. The number of carbonyl (C=O) groups excluding carboxylic acids is 3. The van der Waals surface area contributed by atoms with Gasteiger partial charge in [-0.3, -0.25) is 19.1 Å². The van der Waals surface area contributed by atoms with Crippen LogP contribution in [0.4, 0.5) is 4.79 Å². The number of fused-ring (bicyclic) bond motifs is 1. The van der Waals surface area contributed by atoms with Crippen LogP contribution in [0, 0.1) is 6.92 Å². The first-order valence-electron chi connectivity index (χ1n) is 9.30. The number of carbonyl (C=O) groups is 3. The Labute approximate surface area is 170 Å². The average molecular weight is 406 g/mol. The van der Waals surface area contributed by atoms with Gasteiger partial charge >= 0.3 is 12.0 Å². The van der Waals surface area contributed by atoms with Crippen LogP contribution in [0.5, 0.6) is 0 Å². The van der Waals surface area contributed by atoms with Gasteiger partial charge in [0, 0.05) is 13.1 Å². The molecule has 1 aliphatic heterocycles. The van der Waals surface area contributed by atoms with Gasteiger partial charge in [0.2, 0.25) is 0 Å². The minimum atomic E-state index is -0.699. The van der Waals surface area contributed by atoms with Crippen LogP contribution < -0.4 is 10.9 Å². The normalized spacial score (nSPS) is 13.4. The van der Waals surface area contributed by atoms with Crippen molar-refractivity contribution in [2.75, 3.05) is 19.7 Å². The number of esters is 1. The van der Waals surface area contributed by atoms with Gasteiger partial charge in [-0.25, -0.2) is 14.6 Å². The zero-order valence-corrected chi connectivity index (χ0v) is 16.1. The molecule has 1 fully saturated rings. The molecule has 1 saturated heterocycles. The zero-order chi connectivity index (χ0) is 21.3. The second-order valence-corrected chi connectivity index (χ2v) is 6.72. The molecule has 0 radical (unpaired) electrons. The molecule has 0 saturated carbocycles. The van der Waals surface area contributed by atoms with E-state index in [9.17, 15) is 19.2 Å². The second-order valence-electron chi connectivity index (χ2n) is 6.72. The maximum Gasteiger partial charge on any atom is 0.338 e. The van der Waals surface area contributed by atoms with Gasteiger partial charge < -0.3 is 10.1 Å². The predicted octanol–water partition coefficient (Wildman–Crippen LogP) is 1.40. The third-order valence-electron chi connectivity index (χ3n) is 4.79. The molecule has 0 aliphatic carbocycles. The van der Waals surface area contributed by atoms with Crippen LogP contribution >= 0.6 is 0 Å². The van der Waals surface area contributed by atoms with Crippen LogP contribution in [-0.2, 0) is 9.53 Å². The zero-order valence-electron chi connectivity index (χ0n) is 16.1. The Morgan fingerprint density at radius 1 is 1.10 bits per heavy atom. The van der Waals surface area contributed by atoms with Gasteiger partial charge in [0.15, 0.2) is 6.61 Å². The Balaban J connectivity index is 1.51. The van der Waals surface area contributed by atoms with E-state index in [1.54, 1.807) is 37.3 Å². The lowest BCUT2D eigenvalue weighted by Crippen LogP contribution is -2.37. The summed E-state index contributed by atoms with van der Waals surface area (Å²) in [6.45, 7) is 1.83. The highest BCUT2D eigenvalue weighted by molar-refractivity contribution is 5.98. The van der Waals surface area contributed by atoms with Crippen LogP contribution in [0.3, 0.4) is 0 Å². The first kappa shape index (κ1) is 19.3. The molecule has 9 heteroatoms. The molecule has 152 valence electrons. The van der Waals surface area contributed by atoms with Crippen LogP contribution in [0.15, 0.2) is 53.3 Å². The van der Waals surface area contributed by atoms with Crippen LogP contribution in [0.25, 0.3) is 16.6 Å². The van der Waals surface area contributed by atoms with Crippen molar-refractivity contribution in [3.8, 4) is 5.69 Å². The fourth-order valence-electron chi connectivity index (χ4n) is 3.29. The van der Waals surface area contributed by atoms with E-state index < -0.39 is 24.5 Å². The lowest BCUT2D eigenvalue weighted by Gasteiger charge is -2.13. The predicted molar refractivity (Wildman–Crippen MR) is 107 cm³/mol. The molecule has 2 aromatic carbocycles. The summed E-state index contributed by atoms with van der Waals surface area (Å²) in [6.07, 6.45) is 0. The first-order valence-corrected chi connectivity index (χ1v) is 9.30. The number of hydrogen-bond donors (Lipinski definition) is 1. The van der Waals surface area contributed by atoms with Gasteiger partial charge in [0.05, 0.1) is 22.2 Å². The largest absolute Gasteiger partial charge is 0.452 e. The molecule has 3 amide bonds. The third kappa shape index (κ3) is 3.52. The van der Waals surface area contributed by atoms with Crippen molar-refractivity contribution in [3.05, 3.63) is 70.3 Å². The van der Waals surface area contributed by atoms with Gasteiger partial charge in [-0.2, -0.15) is 0 Å². The molecule has 9 nitrogen and oxygen atoms in total. The molecule has 30 heavy (non-hydrogen) atoms. The van der Waals surface area contributed by atoms with Crippen molar-refractivity contribution in [3.63, 3.8) is 0 Å². The minimum Gasteiger partial charge on any atom is -0.452 e. The molecular formula is C21H18N4O5. The summed E-state index contributed by atoms with van der Waals surface area (Å²) in [4.78, 5) is 54.0. The van der Waals surface area contributed by atoms with E-state index >= 15 is 0 Å². The number of amides is 3. The maximum absolute atomic E-state index is 12.9. The summed E-state index contributed by atoms with van der Waals surface area (Å²) in [5.41, 5.74) is 1.18. The van der Waals surface area contributed by atoms with Crippen molar-refractivity contribution in [1.29, 1.82) is 0 Å². The summed E-state index contributed by atoms with van der Waals surface area (Å²) in [5, 5.41) is 3.00. The summed E-state index contributed by atoms with van der Waals surface area (Å²) in [7, 11) is 0. The van der Waals surface area contributed by atoms with Gasteiger partial charge in [0.1, 0.15) is 5.82 Å². The van der Waals surface area contributed by atoms with E-state index in [4.69, 9.17) is 4.74 Å². The molecule has 3 aromatic rings. The highest BCUT2D eigenvalue weighted by atomic mass is 16.5. The Morgan fingerprint density at radius 3 is 2.53 bits per heavy atom. The molecule has 1 aromatic heterocycles. The van der Waals surface area contributed by atoms with Crippen LogP contribution in [-0.4, -0.2) is 52.1 Å². The van der Waals surface area contributed by atoms with Gasteiger partial charge in [-0.15, -0.1) is 0 Å². The standard InChI is InChI=1S/C21H18N4O5/c1-13-23-17-5-3-2-4-16(17)19(27)25(13)15-8-6-14(7-9-15)20(28)30-12-18(26)24-11-10-22-21(24)29/h2-9H,10-12H2,1H3,(H,22,29). The number of aryl methyl sites for hydroxylation is 1. The highest BCUT2D eigenvalue weighted by Crippen LogP contribution is 2.14. The summed E-state index contributed by atoms with van der Waals surface area (Å²) >= 11 is 0. The molecule has 0 unspecified atom stereocenters. The molecule has 0 spiro atoms. The van der Waals surface area contributed by atoms with Gasteiger partial charge in [-0.1, -0.05) is 12.1 Å². The maximum atomic E-state index is 12.9. The minimum absolute atomic E-state index is 0.206. The average Bonchev–Trinajstić information content (AvgIpc) is 3.18. The molecule has 1 aliphatic rings. The molecular weight excluding hydrogens is 388 g/mol. The van der Waals surface area contributed by atoms with Gasteiger partial charge in [-0.05, 0) is 43.3 Å². The van der Waals surface area contributed by atoms with Crippen LogP contribution in [0.1, 0.15) is 16.2 Å². The van der Waals surface area contributed by atoms with Gasteiger partial charge in [0.25, 0.3) is 11.5 Å². The number of benzene rings is 2. The number of nitrogens with zero attached hydrogens (tertiary/aromatic N) is 3. The third-order valence-corrected chi connectivity index (χ3v) is 4.79. The lowest BCUT2D eigenvalue weighted by molar-refractivity contribution is -0.130. The van der Waals surface area contributed by atoms with E-state index in [0.29, 0.717) is 29.0 Å². The Kier molecular flexibility index (Phi) is 5.01. The number of para-hydroxylation sites is 1. The molecule has 0 bridgehead atoms. The monoisotopic (exact) mass is 406 g/mol. The lowest BCUT2D eigenvalue weighted by atomic mass is 10.2. The number of ether oxygens (including phenoxy) is 1. The van der Waals surface area contributed by atoms with Crippen molar-refractivity contribution < 1.29 is 19.1 Å².